The molecule has 0 N–H and O–H groups in total. The Kier molecular flexibility index (Phi) is 5.78. The van der Waals surface area contributed by atoms with Crippen LogP contribution in [-0.2, 0) is 17.8 Å². The number of hydrogen-bond donors (Lipinski definition) is 0. The first-order valence-electron chi connectivity index (χ1n) is 12.6. The second-order valence-electron chi connectivity index (χ2n) is 10.5. The maximum Gasteiger partial charge on any atom is 0.245 e. The lowest BCUT2D eigenvalue weighted by molar-refractivity contribution is -0.136. The van der Waals surface area contributed by atoms with Crippen LogP contribution in [0.25, 0.3) is 11.1 Å². The van der Waals surface area contributed by atoms with Gasteiger partial charge in [0.1, 0.15) is 22.5 Å². The molecule has 2 fully saturated rings. The van der Waals surface area contributed by atoms with Crippen molar-refractivity contribution >= 4 is 28.1 Å². The number of halogens is 2. The molecule has 0 aliphatic carbocycles. The Bertz CT molecular complexity index is 1410. The lowest BCUT2D eigenvalue weighted by Crippen LogP contribution is -2.59. The highest BCUT2D eigenvalue weighted by Gasteiger charge is 2.49. The summed E-state index contributed by atoms with van der Waals surface area (Å²) in [5.74, 6) is -0.317. The molecule has 6 nitrogen and oxygen atoms in total. The fraction of sp³-hybridized carbons (Fsp3) is 0.393. The van der Waals surface area contributed by atoms with Crippen LogP contribution >= 0.6 is 11.3 Å². The maximum atomic E-state index is 15.2. The summed E-state index contributed by atoms with van der Waals surface area (Å²) in [7, 11) is 0. The second kappa shape index (κ2) is 8.90. The van der Waals surface area contributed by atoms with Gasteiger partial charge in [0, 0.05) is 49.8 Å². The van der Waals surface area contributed by atoms with Crippen LogP contribution in [0.15, 0.2) is 36.4 Å². The van der Waals surface area contributed by atoms with Crippen LogP contribution in [0.3, 0.4) is 0 Å². The molecule has 0 bridgehead atoms. The van der Waals surface area contributed by atoms with Crippen molar-refractivity contribution in [2.75, 3.05) is 42.5 Å². The smallest absolute Gasteiger partial charge is 0.245 e. The number of anilines is 2. The largest absolute Gasteiger partial charge is 0.356 e. The molecule has 1 spiro atoms. The molecule has 3 aliphatic heterocycles. The zero-order valence-electron chi connectivity index (χ0n) is 21.1. The van der Waals surface area contributed by atoms with E-state index in [9.17, 15) is 9.18 Å². The molecule has 3 aliphatic rings. The van der Waals surface area contributed by atoms with E-state index in [1.807, 2.05) is 24.3 Å². The number of likely N-dealkylation sites (tertiary alicyclic amines) is 1. The van der Waals surface area contributed by atoms with Gasteiger partial charge in [0.25, 0.3) is 0 Å². The van der Waals surface area contributed by atoms with Gasteiger partial charge in [-0.3, -0.25) is 4.79 Å². The van der Waals surface area contributed by atoms with E-state index in [0.29, 0.717) is 12.1 Å². The number of thiazole rings is 1. The average Bonchev–Trinajstić information content (AvgIpc) is 3.50. The maximum absolute atomic E-state index is 15.2. The first-order chi connectivity index (χ1) is 17.8. The number of pyridine rings is 1. The van der Waals surface area contributed by atoms with Crippen LogP contribution in [0.4, 0.5) is 19.6 Å². The molecule has 0 saturated carbocycles. The normalized spacial score (nSPS) is 18.2. The summed E-state index contributed by atoms with van der Waals surface area (Å²) in [6.07, 6.45) is 3.06. The van der Waals surface area contributed by atoms with Crippen LogP contribution in [0.1, 0.15) is 28.9 Å². The van der Waals surface area contributed by atoms with Crippen molar-refractivity contribution < 1.29 is 13.6 Å². The van der Waals surface area contributed by atoms with Crippen molar-refractivity contribution in [2.24, 2.45) is 5.41 Å². The van der Waals surface area contributed by atoms with Crippen molar-refractivity contribution in [2.45, 2.75) is 33.2 Å². The predicted molar refractivity (Wildman–Crippen MR) is 142 cm³/mol. The Balaban J connectivity index is 1.40. The zero-order valence-corrected chi connectivity index (χ0v) is 21.9. The molecule has 5 heterocycles. The first-order valence-corrected chi connectivity index (χ1v) is 13.5. The molecule has 0 atom stereocenters. The van der Waals surface area contributed by atoms with Gasteiger partial charge < -0.3 is 14.7 Å². The third-order valence-corrected chi connectivity index (χ3v) is 9.05. The van der Waals surface area contributed by atoms with Crippen molar-refractivity contribution in [3.05, 3.63) is 70.5 Å². The Morgan fingerprint density at radius 2 is 1.97 bits per heavy atom. The summed E-state index contributed by atoms with van der Waals surface area (Å²) in [6, 6.07) is 3.83. The van der Waals surface area contributed by atoms with Crippen LogP contribution < -0.4 is 9.80 Å². The number of rotatable bonds is 4. The molecule has 6 rings (SSSR count). The SMILES string of the molecule is C=CC(=O)N1CC2(CCN(c3nc4c(c(-c5ccc(F)cc5F)c3C)CCN(c3scnc3C)C4)C2)C1. The highest BCUT2D eigenvalue weighted by atomic mass is 32.1. The van der Waals surface area contributed by atoms with E-state index in [2.05, 4.69) is 21.4 Å². The number of benzene rings is 1. The van der Waals surface area contributed by atoms with E-state index in [1.54, 1.807) is 17.4 Å². The van der Waals surface area contributed by atoms with Gasteiger partial charge in [-0.2, -0.15) is 0 Å². The van der Waals surface area contributed by atoms with E-state index in [0.717, 1.165) is 90.5 Å². The molecule has 9 heteroatoms. The van der Waals surface area contributed by atoms with E-state index in [1.165, 1.54) is 12.1 Å². The van der Waals surface area contributed by atoms with Crippen molar-refractivity contribution in [1.82, 2.24) is 14.9 Å². The molecule has 0 unspecified atom stereocenters. The number of nitrogens with zero attached hydrogens (tertiary/aromatic N) is 5. The molecule has 1 amide bonds. The third-order valence-electron chi connectivity index (χ3n) is 8.06. The quantitative estimate of drug-likeness (QED) is 0.458. The minimum Gasteiger partial charge on any atom is -0.356 e. The summed E-state index contributed by atoms with van der Waals surface area (Å²) in [5, 5.41) is 1.13. The van der Waals surface area contributed by atoms with Gasteiger partial charge in [-0.25, -0.2) is 18.7 Å². The molecule has 3 aromatic rings. The van der Waals surface area contributed by atoms with Gasteiger partial charge in [-0.1, -0.05) is 6.58 Å². The van der Waals surface area contributed by atoms with Gasteiger partial charge in [0.05, 0.1) is 23.4 Å². The number of carbonyl (C=O) groups is 1. The van der Waals surface area contributed by atoms with Crippen LogP contribution in [0, 0.1) is 30.9 Å². The number of carbonyl (C=O) groups excluding carboxylic acids is 1. The topological polar surface area (TPSA) is 52.6 Å². The zero-order chi connectivity index (χ0) is 25.9. The van der Waals surface area contributed by atoms with Gasteiger partial charge in [-0.15, -0.1) is 11.3 Å². The standard InChI is InChI=1S/C28H29F2N5OS/c1-4-24(36)35-14-28(15-35)8-10-34(13-28)26-17(2)25(20-6-5-19(29)11-22(20)30)21-7-9-33(12-23(21)32-26)27-18(3)31-16-37-27/h4-6,11,16H,1,7-10,12-15H2,2-3H3. The highest BCUT2D eigenvalue weighted by molar-refractivity contribution is 7.14. The van der Waals surface area contributed by atoms with Gasteiger partial charge in [0.2, 0.25) is 5.91 Å². The number of fused-ring (bicyclic) bond motifs is 1. The van der Waals surface area contributed by atoms with Gasteiger partial charge in [-0.05, 0) is 61.6 Å². The van der Waals surface area contributed by atoms with Crippen molar-refractivity contribution in [3.63, 3.8) is 0 Å². The van der Waals surface area contributed by atoms with Crippen LogP contribution in [0.2, 0.25) is 0 Å². The summed E-state index contributed by atoms with van der Waals surface area (Å²) >= 11 is 1.62. The minimum absolute atomic E-state index is 0.0281. The average molecular weight is 522 g/mol. The Labute approximate surface area is 219 Å². The minimum atomic E-state index is -0.584. The molecule has 1 aromatic carbocycles. The number of aromatic nitrogens is 2. The van der Waals surface area contributed by atoms with E-state index < -0.39 is 11.6 Å². The number of aryl methyl sites for hydroxylation is 1. The predicted octanol–water partition coefficient (Wildman–Crippen LogP) is 4.89. The lowest BCUT2D eigenvalue weighted by atomic mass is 9.79. The monoisotopic (exact) mass is 521 g/mol. The van der Waals surface area contributed by atoms with Gasteiger partial charge in [0.15, 0.2) is 0 Å². The molecular formula is C28H29F2N5OS. The number of amides is 1. The van der Waals surface area contributed by atoms with E-state index in [-0.39, 0.29) is 11.3 Å². The van der Waals surface area contributed by atoms with Crippen LogP contribution in [-0.4, -0.2) is 53.5 Å². The first kappa shape index (κ1) is 24.0. The molecule has 2 aromatic heterocycles. The van der Waals surface area contributed by atoms with E-state index >= 15 is 4.39 Å². The molecule has 37 heavy (non-hydrogen) atoms. The Morgan fingerprint density at radius 3 is 2.68 bits per heavy atom. The summed E-state index contributed by atoms with van der Waals surface area (Å²) < 4.78 is 29.0. The highest BCUT2D eigenvalue weighted by Crippen LogP contribution is 2.44. The van der Waals surface area contributed by atoms with Gasteiger partial charge >= 0.3 is 0 Å². The second-order valence-corrected chi connectivity index (χ2v) is 11.3. The summed E-state index contributed by atoms with van der Waals surface area (Å²) in [6.45, 7) is 12.1. The molecular weight excluding hydrogens is 492 g/mol. The third kappa shape index (κ3) is 4.00. The van der Waals surface area contributed by atoms with Crippen LogP contribution in [0.5, 0.6) is 0 Å². The fourth-order valence-electron chi connectivity index (χ4n) is 6.23. The Morgan fingerprint density at radius 1 is 1.16 bits per heavy atom. The van der Waals surface area contributed by atoms with E-state index in [4.69, 9.17) is 4.98 Å². The van der Waals surface area contributed by atoms with Crippen molar-refractivity contribution in [3.8, 4) is 11.1 Å². The summed E-state index contributed by atoms with van der Waals surface area (Å²) in [5.41, 5.74) is 7.03. The molecule has 2 saturated heterocycles. The fourth-order valence-corrected chi connectivity index (χ4v) is 7.07. The molecule has 0 radical (unpaired) electrons. The lowest BCUT2D eigenvalue weighted by Gasteiger charge is -2.47. The Hall–Kier alpha value is -3.33. The number of hydrogen-bond acceptors (Lipinski definition) is 6. The summed E-state index contributed by atoms with van der Waals surface area (Å²) in [4.78, 5) is 28.0. The molecule has 192 valence electrons. The van der Waals surface area contributed by atoms with Crippen molar-refractivity contribution in [1.29, 1.82) is 0 Å².